The normalized spacial score (nSPS) is 10.2. The zero-order valence-electron chi connectivity index (χ0n) is 10.7. The first kappa shape index (κ1) is 12.8. The van der Waals surface area contributed by atoms with Crippen LogP contribution in [0.5, 0.6) is 0 Å². The number of nitrogens with zero attached hydrogens (tertiary/aromatic N) is 2. The van der Waals surface area contributed by atoms with E-state index in [9.17, 15) is 9.59 Å². The maximum atomic E-state index is 11.9. The molecule has 6 heteroatoms. The smallest absolute Gasteiger partial charge is 0.261 e. The molecule has 1 aromatic heterocycles. The van der Waals surface area contributed by atoms with Gasteiger partial charge in [0.15, 0.2) is 0 Å². The highest BCUT2D eigenvalue weighted by atomic mass is 16.2. The molecule has 0 bridgehead atoms. The van der Waals surface area contributed by atoms with E-state index in [2.05, 4.69) is 10.4 Å². The molecule has 0 aliphatic heterocycles. The van der Waals surface area contributed by atoms with Crippen molar-refractivity contribution in [2.45, 2.75) is 6.92 Å². The van der Waals surface area contributed by atoms with Crippen LogP contribution in [0.2, 0.25) is 0 Å². The fourth-order valence-electron chi connectivity index (χ4n) is 1.70. The van der Waals surface area contributed by atoms with Crippen molar-refractivity contribution >= 4 is 17.5 Å². The van der Waals surface area contributed by atoms with Crippen molar-refractivity contribution in [2.24, 2.45) is 7.05 Å². The number of hydrogen-bond donors (Lipinski definition) is 2. The van der Waals surface area contributed by atoms with Crippen LogP contribution in [0.3, 0.4) is 0 Å². The Kier molecular flexibility index (Phi) is 3.33. The van der Waals surface area contributed by atoms with Gasteiger partial charge in [0.1, 0.15) is 0 Å². The van der Waals surface area contributed by atoms with E-state index in [1.165, 1.54) is 4.68 Å². The molecule has 0 spiro atoms. The molecule has 19 heavy (non-hydrogen) atoms. The van der Waals surface area contributed by atoms with Crippen molar-refractivity contribution in [3.8, 4) is 0 Å². The Labute approximate surface area is 110 Å². The van der Waals surface area contributed by atoms with Crippen LogP contribution in [0, 0.1) is 6.92 Å². The Hall–Kier alpha value is -2.63. The molecule has 1 heterocycles. The van der Waals surface area contributed by atoms with Gasteiger partial charge in [0.2, 0.25) is 0 Å². The second-order valence-corrected chi connectivity index (χ2v) is 4.21. The molecule has 0 radical (unpaired) electrons. The Morgan fingerprint density at radius 3 is 2.37 bits per heavy atom. The van der Waals surface area contributed by atoms with Gasteiger partial charge in [0.05, 0.1) is 11.3 Å². The van der Waals surface area contributed by atoms with E-state index in [1.54, 1.807) is 44.4 Å². The quantitative estimate of drug-likeness (QED) is 0.618. The molecule has 2 aromatic rings. The highest BCUT2D eigenvalue weighted by Gasteiger charge is 2.16. The summed E-state index contributed by atoms with van der Waals surface area (Å²) >= 11 is 0. The van der Waals surface area contributed by atoms with Crippen molar-refractivity contribution in [1.82, 2.24) is 15.1 Å². The second kappa shape index (κ2) is 4.93. The number of aromatic nitrogens is 2. The lowest BCUT2D eigenvalue weighted by molar-refractivity contribution is 0.0849. The standard InChI is InChI=1S/C13H14N4O2/c1-8-11(7-17(2)16-8)13(19)15-12(18)9-3-5-10(14)6-4-9/h3-7H,14H2,1-2H3,(H,15,18,19). The Bertz CT molecular complexity index is 629. The van der Waals surface area contributed by atoms with Crippen molar-refractivity contribution in [3.63, 3.8) is 0 Å². The summed E-state index contributed by atoms with van der Waals surface area (Å²) < 4.78 is 1.53. The van der Waals surface area contributed by atoms with Crippen LogP contribution in [0.4, 0.5) is 5.69 Å². The van der Waals surface area contributed by atoms with E-state index >= 15 is 0 Å². The van der Waals surface area contributed by atoms with Crippen molar-refractivity contribution in [2.75, 3.05) is 5.73 Å². The number of nitrogens with two attached hydrogens (primary N) is 1. The monoisotopic (exact) mass is 258 g/mol. The lowest BCUT2D eigenvalue weighted by atomic mass is 10.2. The lowest BCUT2D eigenvalue weighted by Gasteiger charge is -2.03. The van der Waals surface area contributed by atoms with Crippen LogP contribution in [0.25, 0.3) is 0 Å². The van der Waals surface area contributed by atoms with Gasteiger partial charge in [-0.15, -0.1) is 0 Å². The average Bonchev–Trinajstić information content (AvgIpc) is 2.69. The van der Waals surface area contributed by atoms with Gasteiger partial charge in [-0.25, -0.2) is 0 Å². The van der Waals surface area contributed by atoms with Crippen molar-refractivity contribution < 1.29 is 9.59 Å². The summed E-state index contributed by atoms with van der Waals surface area (Å²) in [6, 6.07) is 6.34. The number of amides is 2. The second-order valence-electron chi connectivity index (χ2n) is 4.21. The molecule has 0 saturated heterocycles. The van der Waals surface area contributed by atoms with Crippen LogP contribution in [0.15, 0.2) is 30.5 Å². The molecule has 0 aliphatic carbocycles. The largest absolute Gasteiger partial charge is 0.399 e. The summed E-state index contributed by atoms with van der Waals surface area (Å²) in [6.07, 6.45) is 1.57. The number of carbonyl (C=O) groups excluding carboxylic acids is 2. The molecule has 0 fully saturated rings. The van der Waals surface area contributed by atoms with Gasteiger partial charge in [-0.3, -0.25) is 19.6 Å². The third-order valence-electron chi connectivity index (χ3n) is 2.66. The molecular formula is C13H14N4O2. The minimum Gasteiger partial charge on any atom is -0.399 e. The zero-order chi connectivity index (χ0) is 14.0. The molecule has 6 nitrogen and oxygen atoms in total. The molecule has 98 valence electrons. The van der Waals surface area contributed by atoms with Crippen LogP contribution >= 0.6 is 0 Å². The van der Waals surface area contributed by atoms with E-state index in [1.807, 2.05) is 0 Å². The van der Waals surface area contributed by atoms with Crippen molar-refractivity contribution in [3.05, 3.63) is 47.3 Å². The Morgan fingerprint density at radius 2 is 1.84 bits per heavy atom. The zero-order valence-corrected chi connectivity index (χ0v) is 10.7. The maximum absolute atomic E-state index is 11.9. The van der Waals surface area contributed by atoms with Crippen LogP contribution in [0.1, 0.15) is 26.4 Å². The summed E-state index contributed by atoms with van der Waals surface area (Å²) in [4.78, 5) is 23.8. The SMILES string of the molecule is Cc1nn(C)cc1C(=O)NC(=O)c1ccc(N)cc1. The van der Waals surface area contributed by atoms with E-state index in [-0.39, 0.29) is 0 Å². The highest BCUT2D eigenvalue weighted by Crippen LogP contribution is 2.07. The highest BCUT2D eigenvalue weighted by molar-refractivity contribution is 6.10. The molecule has 0 atom stereocenters. The fraction of sp³-hybridized carbons (Fsp3) is 0.154. The first-order valence-corrected chi connectivity index (χ1v) is 5.69. The van der Waals surface area contributed by atoms with E-state index in [0.717, 1.165) is 0 Å². The number of benzene rings is 1. The van der Waals surface area contributed by atoms with Crippen molar-refractivity contribution in [1.29, 1.82) is 0 Å². The van der Waals surface area contributed by atoms with Gasteiger partial charge in [-0.05, 0) is 31.2 Å². The van der Waals surface area contributed by atoms with Gasteiger partial charge in [0.25, 0.3) is 11.8 Å². The average molecular weight is 258 g/mol. The topological polar surface area (TPSA) is 90.0 Å². The Morgan fingerprint density at radius 1 is 1.21 bits per heavy atom. The molecule has 0 saturated carbocycles. The molecule has 0 unspecified atom stereocenters. The number of hydrogen-bond acceptors (Lipinski definition) is 4. The van der Waals surface area contributed by atoms with E-state index in [4.69, 9.17) is 5.73 Å². The predicted octanol–water partition coefficient (Wildman–Crippen LogP) is 0.881. The minimum absolute atomic E-state index is 0.379. The van der Waals surface area contributed by atoms with Gasteiger partial charge < -0.3 is 5.73 Å². The summed E-state index contributed by atoms with van der Waals surface area (Å²) in [6.45, 7) is 1.71. The molecular weight excluding hydrogens is 244 g/mol. The van der Waals surface area contributed by atoms with Gasteiger partial charge in [-0.1, -0.05) is 0 Å². The molecule has 1 aromatic carbocycles. The fourth-order valence-corrected chi connectivity index (χ4v) is 1.70. The summed E-state index contributed by atoms with van der Waals surface area (Å²) in [5, 5.41) is 6.37. The van der Waals surface area contributed by atoms with Gasteiger partial charge >= 0.3 is 0 Å². The minimum atomic E-state index is -0.465. The summed E-state index contributed by atoms with van der Waals surface area (Å²) in [5.74, 6) is -0.930. The van der Waals surface area contributed by atoms with Gasteiger partial charge in [0, 0.05) is 24.5 Å². The summed E-state index contributed by atoms with van der Waals surface area (Å²) in [5.41, 5.74) is 7.43. The third kappa shape index (κ3) is 2.79. The molecule has 2 amide bonds. The van der Waals surface area contributed by atoms with E-state index in [0.29, 0.717) is 22.5 Å². The molecule has 2 rings (SSSR count). The van der Waals surface area contributed by atoms with Crippen LogP contribution in [-0.2, 0) is 7.05 Å². The Balaban J connectivity index is 2.13. The molecule has 3 N–H and O–H groups in total. The summed E-state index contributed by atoms with van der Waals surface area (Å²) in [7, 11) is 1.71. The first-order valence-electron chi connectivity index (χ1n) is 5.69. The number of carbonyl (C=O) groups is 2. The number of imide groups is 1. The number of rotatable bonds is 2. The first-order chi connectivity index (χ1) is 8.97. The van der Waals surface area contributed by atoms with E-state index < -0.39 is 11.8 Å². The maximum Gasteiger partial charge on any atom is 0.261 e. The van der Waals surface area contributed by atoms with Gasteiger partial charge in [-0.2, -0.15) is 5.10 Å². The third-order valence-corrected chi connectivity index (χ3v) is 2.66. The van der Waals surface area contributed by atoms with Crippen LogP contribution < -0.4 is 11.1 Å². The molecule has 0 aliphatic rings. The number of nitrogens with one attached hydrogen (secondary N) is 1. The van der Waals surface area contributed by atoms with Crippen LogP contribution in [-0.4, -0.2) is 21.6 Å². The number of anilines is 1. The number of aryl methyl sites for hydroxylation is 2. The lowest BCUT2D eigenvalue weighted by Crippen LogP contribution is -2.30. The number of nitrogen functional groups attached to an aromatic ring is 1. The predicted molar refractivity (Wildman–Crippen MR) is 70.6 cm³/mol.